The van der Waals surface area contributed by atoms with Gasteiger partial charge in [-0.3, -0.25) is 4.79 Å². The molecular formula is C14H21N3O5S. The van der Waals surface area contributed by atoms with E-state index in [1.807, 2.05) is 0 Å². The monoisotopic (exact) mass is 343 g/mol. The third-order valence-corrected chi connectivity index (χ3v) is 4.82. The maximum Gasteiger partial charge on any atom is 0.242 e. The number of hydrogen-bond donors (Lipinski definition) is 2. The van der Waals surface area contributed by atoms with Gasteiger partial charge in [-0.1, -0.05) is 6.42 Å². The van der Waals surface area contributed by atoms with Gasteiger partial charge in [0.05, 0.1) is 24.7 Å². The van der Waals surface area contributed by atoms with Crippen LogP contribution in [0.1, 0.15) is 19.3 Å². The number of sulfonamides is 1. The molecule has 0 aromatic carbocycles. The number of aliphatic hydroxyl groups excluding tert-OH is 1. The summed E-state index contributed by atoms with van der Waals surface area (Å²) in [5, 5.41) is 11.4. The van der Waals surface area contributed by atoms with Crippen LogP contribution >= 0.6 is 0 Å². The fourth-order valence-electron chi connectivity index (χ4n) is 2.48. The fraction of sp³-hybridized carbons (Fsp3) is 0.571. The molecule has 1 amide bonds. The van der Waals surface area contributed by atoms with E-state index >= 15 is 0 Å². The topological polar surface area (TPSA) is 109 Å². The van der Waals surface area contributed by atoms with E-state index in [0.717, 1.165) is 19.1 Å². The van der Waals surface area contributed by atoms with Gasteiger partial charge >= 0.3 is 0 Å². The summed E-state index contributed by atoms with van der Waals surface area (Å²) in [5.41, 5.74) is 0.463. The maximum atomic E-state index is 12.4. The molecule has 1 saturated heterocycles. The summed E-state index contributed by atoms with van der Waals surface area (Å²) in [7, 11) is -3.42. The summed E-state index contributed by atoms with van der Waals surface area (Å²) in [6.07, 6.45) is 4.63. The number of pyridine rings is 1. The van der Waals surface area contributed by atoms with E-state index in [1.54, 1.807) is 12.1 Å². The van der Waals surface area contributed by atoms with Crippen LogP contribution in [0.15, 0.2) is 18.3 Å². The zero-order valence-electron chi connectivity index (χ0n) is 12.9. The molecule has 0 spiro atoms. The van der Waals surface area contributed by atoms with Gasteiger partial charge in [0, 0.05) is 12.6 Å². The van der Waals surface area contributed by atoms with E-state index in [1.165, 1.54) is 10.5 Å². The molecule has 9 heteroatoms. The second-order valence-electron chi connectivity index (χ2n) is 5.33. The molecule has 23 heavy (non-hydrogen) atoms. The second-order valence-corrected chi connectivity index (χ2v) is 7.27. The third-order valence-electron chi connectivity index (χ3n) is 3.53. The minimum atomic E-state index is -3.42. The second kappa shape index (κ2) is 7.71. The molecular weight excluding hydrogens is 322 g/mol. The predicted octanol–water partition coefficient (Wildman–Crippen LogP) is 0.205. The molecule has 0 radical (unpaired) electrons. The molecule has 1 unspecified atom stereocenters. The van der Waals surface area contributed by atoms with Gasteiger partial charge in [0.15, 0.2) is 0 Å². The number of carbonyl (C=O) groups excluding carboxylic acids is 1. The Hall–Kier alpha value is -1.71. The molecule has 0 bridgehead atoms. The molecule has 1 aromatic heterocycles. The van der Waals surface area contributed by atoms with E-state index in [0.29, 0.717) is 24.5 Å². The highest BCUT2D eigenvalue weighted by Crippen LogP contribution is 2.21. The Morgan fingerprint density at radius 1 is 1.48 bits per heavy atom. The Morgan fingerprint density at radius 2 is 2.26 bits per heavy atom. The zero-order valence-corrected chi connectivity index (χ0v) is 13.8. The van der Waals surface area contributed by atoms with Gasteiger partial charge in [0.1, 0.15) is 12.6 Å². The number of piperidine rings is 1. The normalized spacial score (nSPS) is 19.3. The summed E-state index contributed by atoms with van der Waals surface area (Å²) < 4.78 is 30.0. The number of nitrogens with zero attached hydrogens (tertiary/aromatic N) is 2. The van der Waals surface area contributed by atoms with Crippen LogP contribution in [0.3, 0.4) is 0 Å². The van der Waals surface area contributed by atoms with E-state index < -0.39 is 16.1 Å². The third kappa shape index (κ3) is 4.88. The summed E-state index contributed by atoms with van der Waals surface area (Å²) >= 11 is 0. The first kappa shape index (κ1) is 17.6. The first-order valence-electron chi connectivity index (χ1n) is 7.39. The van der Waals surface area contributed by atoms with Gasteiger partial charge in [0.2, 0.25) is 21.8 Å². The van der Waals surface area contributed by atoms with Crippen molar-refractivity contribution in [3.63, 3.8) is 0 Å². The van der Waals surface area contributed by atoms with Crippen LogP contribution in [-0.4, -0.2) is 60.8 Å². The lowest BCUT2D eigenvalue weighted by Crippen LogP contribution is -2.49. The molecule has 1 aromatic rings. The Labute approximate surface area is 135 Å². The van der Waals surface area contributed by atoms with Crippen LogP contribution in [-0.2, 0) is 14.8 Å². The number of amides is 1. The Morgan fingerprint density at radius 3 is 2.87 bits per heavy atom. The van der Waals surface area contributed by atoms with Gasteiger partial charge in [-0.2, -0.15) is 4.31 Å². The van der Waals surface area contributed by atoms with Crippen LogP contribution in [0.4, 0.5) is 5.69 Å². The van der Waals surface area contributed by atoms with Gasteiger partial charge in [-0.25, -0.2) is 13.4 Å². The van der Waals surface area contributed by atoms with Crippen LogP contribution in [0.2, 0.25) is 0 Å². The number of ether oxygens (including phenoxy) is 1. The summed E-state index contributed by atoms with van der Waals surface area (Å²) in [6.45, 7) is 0.399. The average Bonchev–Trinajstić information content (AvgIpc) is 2.53. The molecule has 0 saturated carbocycles. The number of aliphatic hydroxyl groups is 1. The SMILES string of the molecule is CS(=O)(=O)N1CCCCC1C(=O)Nc1ccc(OCCO)nc1. The standard InChI is InChI=1S/C14H21N3O5S/c1-23(20,21)17-7-3-2-4-12(17)14(19)16-11-5-6-13(15-10-11)22-9-8-18/h5-6,10,12,18H,2-4,7-9H2,1H3,(H,16,19). The Bertz CT molecular complexity index is 632. The molecule has 2 heterocycles. The molecule has 8 nitrogen and oxygen atoms in total. The van der Waals surface area contributed by atoms with E-state index in [2.05, 4.69) is 10.3 Å². The summed E-state index contributed by atoms with van der Waals surface area (Å²) in [5.74, 6) is -0.0200. The maximum absolute atomic E-state index is 12.4. The Kier molecular flexibility index (Phi) is 5.91. The zero-order chi connectivity index (χ0) is 16.9. The van der Waals surface area contributed by atoms with Crippen molar-refractivity contribution in [2.75, 3.05) is 31.3 Å². The fourth-order valence-corrected chi connectivity index (χ4v) is 3.60. The van der Waals surface area contributed by atoms with Crippen LogP contribution in [0.5, 0.6) is 5.88 Å². The summed E-state index contributed by atoms with van der Waals surface area (Å²) in [6, 6.07) is 2.50. The number of hydrogen-bond acceptors (Lipinski definition) is 6. The lowest BCUT2D eigenvalue weighted by molar-refractivity contribution is -0.120. The number of carbonyl (C=O) groups is 1. The first-order chi connectivity index (χ1) is 10.9. The molecule has 1 aliphatic rings. The van der Waals surface area contributed by atoms with Gasteiger partial charge in [0.25, 0.3) is 0 Å². The van der Waals surface area contributed by atoms with Crippen molar-refractivity contribution >= 4 is 21.6 Å². The average molecular weight is 343 g/mol. The van der Waals surface area contributed by atoms with Crippen molar-refractivity contribution in [1.82, 2.24) is 9.29 Å². The van der Waals surface area contributed by atoms with Crippen LogP contribution < -0.4 is 10.1 Å². The van der Waals surface area contributed by atoms with Crippen LogP contribution in [0, 0.1) is 0 Å². The quantitative estimate of drug-likeness (QED) is 0.764. The van der Waals surface area contributed by atoms with Crippen molar-refractivity contribution in [2.45, 2.75) is 25.3 Å². The highest BCUT2D eigenvalue weighted by molar-refractivity contribution is 7.88. The van der Waals surface area contributed by atoms with E-state index in [9.17, 15) is 13.2 Å². The lowest BCUT2D eigenvalue weighted by atomic mass is 10.0. The number of nitrogens with one attached hydrogen (secondary N) is 1. The lowest BCUT2D eigenvalue weighted by Gasteiger charge is -2.32. The Balaban J connectivity index is 2.02. The molecule has 1 aliphatic heterocycles. The minimum absolute atomic E-state index is 0.108. The molecule has 2 N–H and O–H groups in total. The van der Waals surface area contributed by atoms with Crippen LogP contribution in [0.25, 0.3) is 0 Å². The van der Waals surface area contributed by atoms with Crippen molar-refractivity contribution < 1.29 is 23.1 Å². The molecule has 128 valence electrons. The largest absolute Gasteiger partial charge is 0.475 e. The number of aromatic nitrogens is 1. The highest BCUT2D eigenvalue weighted by Gasteiger charge is 2.34. The van der Waals surface area contributed by atoms with Crippen molar-refractivity contribution in [3.05, 3.63) is 18.3 Å². The molecule has 1 fully saturated rings. The predicted molar refractivity (Wildman–Crippen MR) is 84.6 cm³/mol. The van der Waals surface area contributed by atoms with Gasteiger partial charge in [-0.05, 0) is 18.9 Å². The molecule has 2 rings (SSSR count). The van der Waals surface area contributed by atoms with Crippen molar-refractivity contribution in [3.8, 4) is 5.88 Å². The highest BCUT2D eigenvalue weighted by atomic mass is 32.2. The minimum Gasteiger partial charge on any atom is -0.475 e. The smallest absolute Gasteiger partial charge is 0.242 e. The van der Waals surface area contributed by atoms with E-state index in [4.69, 9.17) is 9.84 Å². The van der Waals surface area contributed by atoms with E-state index in [-0.39, 0.29) is 19.1 Å². The number of anilines is 1. The summed E-state index contributed by atoms with van der Waals surface area (Å²) in [4.78, 5) is 16.4. The van der Waals surface area contributed by atoms with Gasteiger partial charge in [-0.15, -0.1) is 0 Å². The van der Waals surface area contributed by atoms with Crippen molar-refractivity contribution in [1.29, 1.82) is 0 Å². The molecule has 0 aliphatic carbocycles. The van der Waals surface area contributed by atoms with Gasteiger partial charge < -0.3 is 15.2 Å². The first-order valence-corrected chi connectivity index (χ1v) is 9.24. The number of rotatable bonds is 6. The van der Waals surface area contributed by atoms with Crippen molar-refractivity contribution in [2.24, 2.45) is 0 Å². The molecule has 1 atom stereocenters.